The van der Waals surface area contributed by atoms with E-state index in [-0.39, 0.29) is 5.43 Å². The molecule has 1 aromatic carbocycles. The normalized spacial score (nSPS) is 10.8. The minimum absolute atomic E-state index is 0.0527. The standard InChI is InChI=1S/C15H13ClN2O3/c1-20-13-7-14(21-2)11(16)6-10(13)12-8-18-4-3-9(19)5-15(18)17-12/h3-8,17H,1-2H3. The molecule has 0 spiro atoms. The lowest BCUT2D eigenvalue weighted by atomic mass is 10.1. The van der Waals surface area contributed by atoms with E-state index in [2.05, 4.69) is 4.98 Å². The largest absolute Gasteiger partial charge is 0.496 e. The van der Waals surface area contributed by atoms with Gasteiger partial charge in [0.1, 0.15) is 17.1 Å². The number of ether oxygens (including phenoxy) is 2. The predicted octanol–water partition coefficient (Wildman–Crippen LogP) is 2.97. The van der Waals surface area contributed by atoms with Crippen LogP contribution in [0.25, 0.3) is 16.9 Å². The van der Waals surface area contributed by atoms with Gasteiger partial charge in [0.15, 0.2) is 5.43 Å². The van der Waals surface area contributed by atoms with Crippen molar-refractivity contribution >= 4 is 17.2 Å². The Kier molecular flexibility index (Phi) is 3.35. The highest BCUT2D eigenvalue weighted by atomic mass is 35.5. The summed E-state index contributed by atoms with van der Waals surface area (Å²) >= 11 is 6.18. The van der Waals surface area contributed by atoms with Crippen molar-refractivity contribution in [2.24, 2.45) is 0 Å². The molecule has 21 heavy (non-hydrogen) atoms. The van der Waals surface area contributed by atoms with Gasteiger partial charge in [-0.25, -0.2) is 0 Å². The fourth-order valence-electron chi connectivity index (χ4n) is 2.22. The Morgan fingerprint density at radius 1 is 1.14 bits per heavy atom. The molecule has 0 bridgehead atoms. The topological polar surface area (TPSA) is 55.7 Å². The molecule has 1 N–H and O–H groups in total. The van der Waals surface area contributed by atoms with E-state index in [1.54, 1.807) is 32.5 Å². The fraction of sp³-hybridized carbons (Fsp3) is 0.133. The smallest absolute Gasteiger partial charge is 0.183 e. The van der Waals surface area contributed by atoms with Gasteiger partial charge < -0.3 is 18.9 Å². The molecular formula is C15H13ClN2O3. The van der Waals surface area contributed by atoms with E-state index in [0.29, 0.717) is 22.2 Å². The Bertz CT molecular complexity index is 867. The van der Waals surface area contributed by atoms with Gasteiger partial charge >= 0.3 is 0 Å². The fourth-order valence-corrected chi connectivity index (χ4v) is 2.46. The Morgan fingerprint density at radius 3 is 2.62 bits per heavy atom. The second-order valence-corrected chi connectivity index (χ2v) is 4.92. The van der Waals surface area contributed by atoms with Gasteiger partial charge in [0.2, 0.25) is 0 Å². The van der Waals surface area contributed by atoms with Crippen LogP contribution in [-0.2, 0) is 0 Å². The first-order valence-corrected chi connectivity index (χ1v) is 6.63. The molecule has 0 aliphatic rings. The van der Waals surface area contributed by atoms with Crippen LogP contribution < -0.4 is 14.9 Å². The Balaban J connectivity index is 2.21. The number of halogens is 1. The summed E-state index contributed by atoms with van der Waals surface area (Å²) in [6.45, 7) is 0. The zero-order valence-corrected chi connectivity index (χ0v) is 12.3. The van der Waals surface area contributed by atoms with Gasteiger partial charge in [-0.15, -0.1) is 0 Å². The maximum atomic E-state index is 11.4. The number of aromatic amines is 1. The summed E-state index contributed by atoms with van der Waals surface area (Å²) < 4.78 is 12.4. The molecule has 0 radical (unpaired) electrons. The zero-order chi connectivity index (χ0) is 15.0. The van der Waals surface area contributed by atoms with Gasteiger partial charge in [-0.3, -0.25) is 4.79 Å². The summed E-state index contributed by atoms with van der Waals surface area (Å²) in [5.41, 5.74) is 2.23. The van der Waals surface area contributed by atoms with Gasteiger partial charge in [-0.1, -0.05) is 11.6 Å². The lowest BCUT2D eigenvalue weighted by molar-refractivity contribution is 0.395. The van der Waals surface area contributed by atoms with E-state index in [1.807, 2.05) is 10.6 Å². The van der Waals surface area contributed by atoms with Crippen LogP contribution in [0, 0.1) is 0 Å². The quantitative estimate of drug-likeness (QED) is 0.809. The highest BCUT2D eigenvalue weighted by Crippen LogP contribution is 2.37. The van der Waals surface area contributed by atoms with Crippen LogP contribution in [0.3, 0.4) is 0 Å². The third-order valence-corrected chi connectivity index (χ3v) is 3.55. The van der Waals surface area contributed by atoms with Crippen molar-refractivity contribution in [3.8, 4) is 22.8 Å². The number of methoxy groups -OCH3 is 2. The average molecular weight is 305 g/mol. The number of benzene rings is 1. The Morgan fingerprint density at radius 2 is 1.90 bits per heavy atom. The number of rotatable bonds is 3. The van der Waals surface area contributed by atoms with Crippen molar-refractivity contribution in [2.75, 3.05) is 14.2 Å². The molecular weight excluding hydrogens is 292 g/mol. The molecule has 3 aromatic rings. The molecule has 0 fully saturated rings. The molecule has 0 aliphatic carbocycles. The highest BCUT2D eigenvalue weighted by Gasteiger charge is 2.13. The molecule has 0 saturated carbocycles. The van der Waals surface area contributed by atoms with Crippen molar-refractivity contribution < 1.29 is 9.47 Å². The van der Waals surface area contributed by atoms with E-state index < -0.39 is 0 Å². The molecule has 5 nitrogen and oxygen atoms in total. The van der Waals surface area contributed by atoms with Crippen LogP contribution >= 0.6 is 11.6 Å². The van der Waals surface area contributed by atoms with Gasteiger partial charge in [0.05, 0.1) is 24.9 Å². The van der Waals surface area contributed by atoms with Crippen LogP contribution in [0.4, 0.5) is 0 Å². The van der Waals surface area contributed by atoms with E-state index >= 15 is 0 Å². The minimum Gasteiger partial charge on any atom is -0.496 e. The predicted molar refractivity (Wildman–Crippen MR) is 81.6 cm³/mol. The lowest BCUT2D eigenvalue weighted by Crippen LogP contribution is -1.97. The first kappa shape index (κ1) is 13.6. The molecule has 2 aromatic heterocycles. The van der Waals surface area contributed by atoms with E-state index in [4.69, 9.17) is 21.1 Å². The van der Waals surface area contributed by atoms with E-state index in [9.17, 15) is 4.79 Å². The van der Waals surface area contributed by atoms with Gasteiger partial charge in [-0.2, -0.15) is 0 Å². The highest BCUT2D eigenvalue weighted by molar-refractivity contribution is 6.32. The number of pyridine rings is 1. The first-order chi connectivity index (χ1) is 10.1. The molecule has 2 heterocycles. The third-order valence-electron chi connectivity index (χ3n) is 3.25. The van der Waals surface area contributed by atoms with Crippen molar-refractivity contribution in [1.29, 1.82) is 0 Å². The molecule has 3 rings (SSSR count). The Hall–Kier alpha value is -2.40. The number of nitrogens with zero attached hydrogens (tertiary/aromatic N) is 1. The Labute approximate surface area is 125 Å². The van der Waals surface area contributed by atoms with Crippen molar-refractivity contribution in [3.05, 3.63) is 51.9 Å². The SMILES string of the molecule is COc1cc(OC)c(-c2cn3ccc(=O)cc3[nH]2)cc1Cl. The number of H-pyrrole nitrogens is 1. The molecule has 0 saturated heterocycles. The number of fused-ring (bicyclic) bond motifs is 1. The van der Waals surface area contributed by atoms with Gasteiger partial charge in [0.25, 0.3) is 0 Å². The molecule has 0 amide bonds. The van der Waals surface area contributed by atoms with Crippen LogP contribution in [0.2, 0.25) is 5.02 Å². The molecule has 0 aliphatic heterocycles. The molecule has 0 atom stereocenters. The van der Waals surface area contributed by atoms with Gasteiger partial charge in [0, 0.05) is 36.2 Å². The van der Waals surface area contributed by atoms with E-state index in [1.165, 1.54) is 12.1 Å². The third kappa shape index (κ3) is 2.36. The summed E-state index contributed by atoms with van der Waals surface area (Å²) in [5, 5.41) is 0.487. The molecule has 0 unspecified atom stereocenters. The van der Waals surface area contributed by atoms with Gasteiger partial charge in [-0.05, 0) is 6.07 Å². The molecule has 108 valence electrons. The zero-order valence-electron chi connectivity index (χ0n) is 11.5. The minimum atomic E-state index is -0.0527. The monoisotopic (exact) mass is 304 g/mol. The second-order valence-electron chi connectivity index (χ2n) is 4.51. The number of hydrogen-bond acceptors (Lipinski definition) is 3. The average Bonchev–Trinajstić information content (AvgIpc) is 2.89. The summed E-state index contributed by atoms with van der Waals surface area (Å²) in [4.78, 5) is 14.6. The summed E-state index contributed by atoms with van der Waals surface area (Å²) in [6.07, 6.45) is 3.57. The van der Waals surface area contributed by atoms with E-state index in [0.717, 1.165) is 11.3 Å². The first-order valence-electron chi connectivity index (χ1n) is 6.25. The van der Waals surface area contributed by atoms with Crippen molar-refractivity contribution in [3.63, 3.8) is 0 Å². The summed E-state index contributed by atoms with van der Waals surface area (Å²) in [6, 6.07) is 6.53. The van der Waals surface area contributed by atoms with Crippen molar-refractivity contribution in [2.45, 2.75) is 0 Å². The summed E-state index contributed by atoms with van der Waals surface area (Å²) in [5.74, 6) is 1.17. The van der Waals surface area contributed by atoms with Crippen LogP contribution in [0.5, 0.6) is 11.5 Å². The van der Waals surface area contributed by atoms with Crippen LogP contribution in [0.15, 0.2) is 41.5 Å². The summed E-state index contributed by atoms with van der Waals surface area (Å²) in [7, 11) is 3.13. The maximum absolute atomic E-state index is 11.4. The second kappa shape index (κ2) is 5.18. The number of hydrogen-bond donors (Lipinski definition) is 1. The van der Waals surface area contributed by atoms with Crippen LogP contribution in [0.1, 0.15) is 0 Å². The number of imidazole rings is 1. The van der Waals surface area contributed by atoms with Crippen molar-refractivity contribution in [1.82, 2.24) is 9.38 Å². The number of nitrogens with one attached hydrogen (secondary N) is 1. The maximum Gasteiger partial charge on any atom is 0.183 e. The number of aromatic nitrogens is 2. The lowest BCUT2D eigenvalue weighted by Gasteiger charge is -2.10. The molecule has 6 heteroatoms. The van der Waals surface area contributed by atoms with Crippen LogP contribution in [-0.4, -0.2) is 23.6 Å².